The molecule has 0 radical (unpaired) electrons. The number of sulfonamides is 1. The zero-order valence-electron chi connectivity index (χ0n) is 26.2. The highest BCUT2D eigenvalue weighted by molar-refractivity contribution is 7.92. The minimum atomic E-state index is -3.82. The maximum Gasteiger partial charge on any atom is 0.244 e. The molecule has 0 aliphatic heterocycles. The highest BCUT2D eigenvalue weighted by Crippen LogP contribution is 2.60. The van der Waals surface area contributed by atoms with E-state index in [2.05, 4.69) is 17.4 Å². The molecule has 44 heavy (non-hydrogen) atoms. The summed E-state index contributed by atoms with van der Waals surface area (Å²) in [6, 6.07) is 11.9. The Kier molecular flexibility index (Phi) is 9.93. The second-order valence-electron chi connectivity index (χ2n) is 13.5. The van der Waals surface area contributed by atoms with E-state index in [4.69, 9.17) is 23.2 Å². The fraction of sp³-hybridized carbons (Fsp3) is 0.588. The number of nitrogens with one attached hydrogen (secondary N) is 1. The van der Waals surface area contributed by atoms with Gasteiger partial charge in [0.25, 0.3) is 0 Å². The number of nitrogens with zero attached hydrogens (tertiary/aromatic N) is 2. The lowest BCUT2D eigenvalue weighted by Gasteiger charge is -2.57. The zero-order valence-corrected chi connectivity index (χ0v) is 28.5. The monoisotopic (exact) mass is 661 g/mol. The summed E-state index contributed by atoms with van der Waals surface area (Å²) in [5, 5.41) is 3.81. The fourth-order valence-corrected chi connectivity index (χ4v) is 9.57. The van der Waals surface area contributed by atoms with Gasteiger partial charge in [0.2, 0.25) is 21.8 Å². The summed E-state index contributed by atoms with van der Waals surface area (Å²) in [7, 11) is -3.82. The number of anilines is 1. The lowest BCUT2D eigenvalue weighted by Crippen LogP contribution is -2.53. The predicted octanol–water partition coefficient (Wildman–Crippen LogP) is 6.95. The van der Waals surface area contributed by atoms with Crippen LogP contribution in [0.25, 0.3) is 0 Å². The molecule has 4 saturated carbocycles. The quantitative estimate of drug-likeness (QED) is 0.267. The van der Waals surface area contributed by atoms with Crippen molar-refractivity contribution in [1.29, 1.82) is 0 Å². The number of halogens is 2. The van der Waals surface area contributed by atoms with Gasteiger partial charge in [0, 0.05) is 22.6 Å². The maximum absolute atomic E-state index is 14.1. The van der Waals surface area contributed by atoms with Gasteiger partial charge >= 0.3 is 0 Å². The summed E-state index contributed by atoms with van der Waals surface area (Å²) in [6.45, 7) is 5.31. The Labute approximate surface area is 272 Å². The smallest absolute Gasteiger partial charge is 0.244 e. The van der Waals surface area contributed by atoms with Crippen LogP contribution in [-0.4, -0.2) is 50.0 Å². The Bertz CT molecular complexity index is 1440. The van der Waals surface area contributed by atoms with Crippen LogP contribution in [0.15, 0.2) is 42.5 Å². The van der Waals surface area contributed by atoms with Crippen molar-refractivity contribution in [3.8, 4) is 0 Å². The number of carbonyl (C=O) groups is 2. The highest BCUT2D eigenvalue weighted by atomic mass is 35.5. The van der Waals surface area contributed by atoms with E-state index in [0.717, 1.165) is 34.7 Å². The molecule has 7 nitrogen and oxygen atoms in total. The number of hydrogen-bond donors (Lipinski definition) is 1. The largest absolute Gasteiger partial charge is 0.352 e. The third kappa shape index (κ3) is 7.07. The van der Waals surface area contributed by atoms with Crippen LogP contribution in [0.3, 0.4) is 0 Å². The normalized spacial score (nSPS) is 25.4. The first kappa shape index (κ1) is 33.1. The van der Waals surface area contributed by atoms with Crippen molar-refractivity contribution in [3.63, 3.8) is 0 Å². The molecule has 0 spiro atoms. The first-order valence-corrected chi connectivity index (χ1v) is 18.5. The fourth-order valence-electron chi connectivity index (χ4n) is 8.25. The molecule has 240 valence electrons. The van der Waals surface area contributed by atoms with Gasteiger partial charge in [-0.3, -0.25) is 13.9 Å². The van der Waals surface area contributed by atoms with Gasteiger partial charge in [0.1, 0.15) is 12.6 Å². The standard InChI is InChI=1S/C34H45Cl2N3O4S/c1-5-22(3)37-33(41)31(6-2)38(20-26-7-10-28(35)16-30(26)36)32(40)21-39(44(4,42)43)29-11-8-27(9-12-29)34-17-23-13-24(18-34)15-25(14-23)19-34/h7-12,16,22-25,31H,5-6,13-15,17-21H2,1-4H3,(H,37,41)/t22-,23?,24?,25?,31+,34?/m1/s1. The molecule has 0 heterocycles. The molecule has 4 aliphatic rings. The molecule has 1 N–H and O–H groups in total. The van der Waals surface area contributed by atoms with E-state index >= 15 is 0 Å². The molecule has 4 fully saturated rings. The SMILES string of the molecule is CC[C@@H](C)NC(=O)[C@H](CC)N(Cc1ccc(Cl)cc1Cl)C(=O)CN(c1ccc(C23CC4CC(CC(C4)C2)C3)cc1)S(C)(=O)=O. The summed E-state index contributed by atoms with van der Waals surface area (Å²) in [4.78, 5) is 28.9. The Morgan fingerprint density at radius 1 is 0.955 bits per heavy atom. The van der Waals surface area contributed by atoms with Gasteiger partial charge in [0.15, 0.2) is 0 Å². The molecule has 4 bridgehead atoms. The van der Waals surface area contributed by atoms with Crippen LogP contribution in [-0.2, 0) is 31.6 Å². The average molecular weight is 663 g/mol. The molecule has 0 aromatic heterocycles. The molecule has 4 aliphatic carbocycles. The number of carbonyl (C=O) groups excluding carboxylic acids is 2. The lowest BCUT2D eigenvalue weighted by atomic mass is 9.48. The molecule has 6 rings (SSSR count). The predicted molar refractivity (Wildman–Crippen MR) is 177 cm³/mol. The molecule has 0 unspecified atom stereocenters. The van der Waals surface area contributed by atoms with Gasteiger partial charge in [-0.05, 0) is 117 Å². The molecular formula is C34H45Cl2N3O4S. The van der Waals surface area contributed by atoms with E-state index < -0.39 is 28.5 Å². The van der Waals surface area contributed by atoms with Crippen molar-refractivity contribution in [1.82, 2.24) is 10.2 Å². The first-order valence-electron chi connectivity index (χ1n) is 15.9. The maximum atomic E-state index is 14.1. The Morgan fingerprint density at radius 3 is 2.05 bits per heavy atom. The van der Waals surface area contributed by atoms with Gasteiger partial charge in [-0.2, -0.15) is 0 Å². The van der Waals surface area contributed by atoms with Crippen LogP contribution in [0.5, 0.6) is 0 Å². The number of benzene rings is 2. The third-order valence-corrected chi connectivity index (χ3v) is 12.0. The van der Waals surface area contributed by atoms with Crippen molar-refractivity contribution in [2.75, 3.05) is 17.1 Å². The van der Waals surface area contributed by atoms with E-state index in [0.29, 0.717) is 27.7 Å². The second kappa shape index (κ2) is 13.2. The van der Waals surface area contributed by atoms with Crippen molar-refractivity contribution < 1.29 is 18.0 Å². The van der Waals surface area contributed by atoms with Crippen LogP contribution in [0.1, 0.15) is 83.3 Å². The van der Waals surface area contributed by atoms with Crippen molar-refractivity contribution >= 4 is 50.7 Å². The van der Waals surface area contributed by atoms with Crippen molar-refractivity contribution in [2.24, 2.45) is 17.8 Å². The lowest BCUT2D eigenvalue weighted by molar-refractivity contribution is -0.140. The van der Waals surface area contributed by atoms with Crippen molar-refractivity contribution in [3.05, 3.63) is 63.6 Å². The summed E-state index contributed by atoms with van der Waals surface area (Å²) in [5.74, 6) is 1.63. The molecule has 2 aromatic rings. The van der Waals surface area contributed by atoms with E-state index in [-0.39, 0.29) is 23.9 Å². The number of amides is 2. The van der Waals surface area contributed by atoms with E-state index in [1.807, 2.05) is 32.9 Å². The molecule has 10 heteroatoms. The van der Waals surface area contributed by atoms with Crippen LogP contribution < -0.4 is 9.62 Å². The van der Waals surface area contributed by atoms with Crippen LogP contribution in [0.4, 0.5) is 5.69 Å². The van der Waals surface area contributed by atoms with Gasteiger partial charge in [-0.25, -0.2) is 8.42 Å². The molecular weight excluding hydrogens is 617 g/mol. The third-order valence-electron chi connectivity index (χ3n) is 10.2. The molecule has 2 atom stereocenters. The second-order valence-corrected chi connectivity index (χ2v) is 16.3. The Morgan fingerprint density at radius 2 is 1.55 bits per heavy atom. The minimum absolute atomic E-state index is 0.0316. The van der Waals surface area contributed by atoms with Gasteiger partial charge in [0.05, 0.1) is 11.9 Å². The topological polar surface area (TPSA) is 86.8 Å². The summed E-state index contributed by atoms with van der Waals surface area (Å²) in [6.07, 6.45) is 9.90. The molecule has 2 aromatic carbocycles. The van der Waals surface area contributed by atoms with Gasteiger partial charge in [-0.15, -0.1) is 0 Å². The Hall–Kier alpha value is -2.29. The average Bonchev–Trinajstić information content (AvgIpc) is 2.95. The Balaban J connectivity index is 1.42. The van der Waals surface area contributed by atoms with Crippen LogP contribution in [0, 0.1) is 17.8 Å². The highest BCUT2D eigenvalue weighted by Gasteiger charge is 2.51. The van der Waals surface area contributed by atoms with Gasteiger partial charge < -0.3 is 10.2 Å². The minimum Gasteiger partial charge on any atom is -0.352 e. The number of hydrogen-bond acceptors (Lipinski definition) is 4. The van der Waals surface area contributed by atoms with Crippen molar-refractivity contribution in [2.45, 2.75) is 96.2 Å². The first-order chi connectivity index (χ1) is 20.8. The summed E-state index contributed by atoms with van der Waals surface area (Å²) < 4.78 is 27.4. The molecule has 0 saturated heterocycles. The van der Waals surface area contributed by atoms with Gasteiger partial charge in [-0.1, -0.05) is 55.2 Å². The summed E-state index contributed by atoms with van der Waals surface area (Å²) in [5.41, 5.74) is 2.53. The van der Waals surface area contributed by atoms with Crippen LogP contribution >= 0.6 is 23.2 Å². The molecule has 2 amide bonds. The summed E-state index contributed by atoms with van der Waals surface area (Å²) >= 11 is 12.6. The van der Waals surface area contributed by atoms with E-state index in [1.54, 1.807) is 18.2 Å². The van der Waals surface area contributed by atoms with Crippen LogP contribution in [0.2, 0.25) is 10.0 Å². The van der Waals surface area contributed by atoms with E-state index in [9.17, 15) is 18.0 Å². The van der Waals surface area contributed by atoms with E-state index in [1.165, 1.54) is 49.0 Å². The number of rotatable bonds is 12. The zero-order chi connectivity index (χ0) is 31.8.